The van der Waals surface area contributed by atoms with Gasteiger partial charge in [0.25, 0.3) is 0 Å². The molecule has 0 saturated carbocycles. The molecule has 0 radical (unpaired) electrons. The Bertz CT molecular complexity index is 177. The van der Waals surface area contributed by atoms with Gasteiger partial charge in [-0.3, -0.25) is 11.3 Å². The minimum Gasteiger partial charge on any atom is -0.394 e. The Morgan fingerprint density at radius 1 is 1.12 bits per heavy atom. The highest BCUT2D eigenvalue weighted by Crippen LogP contribution is 2.18. The Labute approximate surface area is 93.2 Å². The van der Waals surface area contributed by atoms with E-state index in [1.54, 1.807) is 0 Å². The van der Waals surface area contributed by atoms with Gasteiger partial charge in [0.05, 0.1) is 6.61 Å². The fourth-order valence-corrected chi connectivity index (χ4v) is 1.08. The summed E-state index contributed by atoms with van der Waals surface area (Å²) in [7, 11) is 0. The number of hydrogen-bond acceptors (Lipinski definition) is 8. The predicted octanol–water partition coefficient (Wildman–Crippen LogP) is -3.75. The number of aliphatic hydroxyl groups excluding tert-OH is 5. The molecule has 1 rings (SSSR count). The molecule has 1 aliphatic rings. The van der Waals surface area contributed by atoms with E-state index in [2.05, 4.69) is 10.2 Å². The van der Waals surface area contributed by atoms with Crippen molar-refractivity contribution in [2.24, 2.45) is 5.84 Å². The first-order valence-electron chi connectivity index (χ1n) is 4.91. The summed E-state index contributed by atoms with van der Waals surface area (Å²) in [4.78, 5) is 0. The average molecular weight is 240 g/mol. The van der Waals surface area contributed by atoms with E-state index < -0.39 is 37.3 Å². The molecule has 0 aromatic carbocycles. The molecule has 0 amide bonds. The second kappa shape index (κ2) is 7.87. The lowest BCUT2D eigenvalue weighted by Crippen LogP contribution is -2.58. The third kappa shape index (κ3) is 4.28. The van der Waals surface area contributed by atoms with E-state index in [-0.39, 0.29) is 0 Å². The van der Waals surface area contributed by atoms with E-state index in [4.69, 9.17) is 31.4 Å². The Kier molecular flexibility index (Phi) is 7.72. The molecular formula is C8H20N2O6. The molecule has 98 valence electrons. The van der Waals surface area contributed by atoms with E-state index in [1.165, 1.54) is 0 Å². The van der Waals surface area contributed by atoms with Crippen LogP contribution >= 0.6 is 0 Å². The summed E-state index contributed by atoms with van der Waals surface area (Å²) in [5.41, 5.74) is 2.43. The van der Waals surface area contributed by atoms with Crippen LogP contribution in [0.15, 0.2) is 0 Å². The first kappa shape index (κ1) is 15.7. The number of hydrazine groups is 1. The van der Waals surface area contributed by atoms with Crippen molar-refractivity contribution in [1.82, 2.24) is 5.43 Å². The SMILES string of the molecule is CCNN.OC[C@H]1O[C@@H](O)[C@H](O)[C@@H](O)[C@@H]1O. The standard InChI is InChI=1S/C6H12O6.C2H8N2/c7-1-2-3(8)4(9)5(10)6(11)12-2;1-2-4-3/h2-11H,1H2;4H,2-3H2,1H3/t2-,3-,4+,5-,6-;/m1./s1. The number of ether oxygens (including phenoxy) is 1. The van der Waals surface area contributed by atoms with Gasteiger partial charge >= 0.3 is 0 Å². The molecular weight excluding hydrogens is 220 g/mol. The molecule has 0 spiro atoms. The lowest BCUT2D eigenvalue weighted by atomic mass is 10.00. The first-order chi connectivity index (χ1) is 7.49. The van der Waals surface area contributed by atoms with Gasteiger partial charge in [0.2, 0.25) is 0 Å². The zero-order valence-corrected chi connectivity index (χ0v) is 9.02. The largest absolute Gasteiger partial charge is 0.394 e. The summed E-state index contributed by atoms with van der Waals surface area (Å²) in [6.07, 6.45) is -7.04. The smallest absolute Gasteiger partial charge is 0.184 e. The third-order valence-corrected chi connectivity index (χ3v) is 2.07. The Balaban J connectivity index is 0.000000487. The van der Waals surface area contributed by atoms with Crippen LogP contribution in [0, 0.1) is 0 Å². The van der Waals surface area contributed by atoms with Gasteiger partial charge in [-0.1, -0.05) is 6.92 Å². The third-order valence-electron chi connectivity index (χ3n) is 2.07. The first-order valence-corrected chi connectivity index (χ1v) is 4.91. The van der Waals surface area contributed by atoms with Crippen molar-refractivity contribution in [3.8, 4) is 0 Å². The normalized spacial score (nSPS) is 38.8. The van der Waals surface area contributed by atoms with E-state index in [0.717, 1.165) is 6.54 Å². The Hall–Kier alpha value is -0.320. The molecule has 8 N–H and O–H groups in total. The van der Waals surface area contributed by atoms with E-state index in [0.29, 0.717) is 0 Å². The molecule has 0 aromatic heterocycles. The number of nitrogens with one attached hydrogen (secondary N) is 1. The lowest BCUT2D eigenvalue weighted by molar-refractivity contribution is -0.286. The van der Waals surface area contributed by atoms with Crippen LogP contribution in [0.5, 0.6) is 0 Å². The van der Waals surface area contributed by atoms with Crippen LogP contribution in [-0.2, 0) is 4.74 Å². The summed E-state index contributed by atoms with van der Waals surface area (Å²) < 4.78 is 4.58. The summed E-state index contributed by atoms with van der Waals surface area (Å²) >= 11 is 0. The fraction of sp³-hybridized carbons (Fsp3) is 1.00. The molecule has 1 saturated heterocycles. The zero-order chi connectivity index (χ0) is 12.7. The maximum Gasteiger partial charge on any atom is 0.184 e. The van der Waals surface area contributed by atoms with Crippen molar-refractivity contribution in [3.63, 3.8) is 0 Å². The molecule has 1 aliphatic heterocycles. The highest BCUT2D eigenvalue weighted by Gasteiger charge is 2.42. The maximum absolute atomic E-state index is 9.12. The monoisotopic (exact) mass is 240 g/mol. The molecule has 16 heavy (non-hydrogen) atoms. The van der Waals surface area contributed by atoms with Gasteiger partial charge in [-0.25, -0.2) is 0 Å². The van der Waals surface area contributed by atoms with Crippen LogP contribution in [0.25, 0.3) is 0 Å². The topological polar surface area (TPSA) is 148 Å². The summed E-state index contributed by atoms with van der Waals surface area (Å²) in [6.45, 7) is 2.27. The predicted molar refractivity (Wildman–Crippen MR) is 53.9 cm³/mol. The van der Waals surface area contributed by atoms with Gasteiger partial charge in [-0.2, -0.15) is 0 Å². The van der Waals surface area contributed by atoms with E-state index in [9.17, 15) is 0 Å². The number of aliphatic hydroxyl groups is 5. The molecule has 8 nitrogen and oxygen atoms in total. The minimum atomic E-state index is -1.57. The van der Waals surface area contributed by atoms with Crippen molar-refractivity contribution in [2.75, 3.05) is 13.2 Å². The second-order valence-corrected chi connectivity index (χ2v) is 3.28. The minimum absolute atomic E-state index is 0.526. The Morgan fingerprint density at radius 3 is 2.00 bits per heavy atom. The summed E-state index contributed by atoms with van der Waals surface area (Å²) in [6, 6.07) is 0. The zero-order valence-electron chi connectivity index (χ0n) is 9.02. The average Bonchev–Trinajstić information content (AvgIpc) is 2.31. The number of hydrogen-bond donors (Lipinski definition) is 7. The molecule has 1 fully saturated rings. The molecule has 0 aliphatic carbocycles. The van der Waals surface area contributed by atoms with Crippen LogP contribution in [0.3, 0.4) is 0 Å². The molecule has 5 atom stereocenters. The van der Waals surface area contributed by atoms with Crippen LogP contribution < -0.4 is 11.3 Å². The summed E-state index contributed by atoms with van der Waals surface area (Å²) in [5.74, 6) is 4.78. The van der Waals surface area contributed by atoms with Gasteiger partial charge in [0.1, 0.15) is 24.4 Å². The van der Waals surface area contributed by atoms with Crippen molar-refractivity contribution >= 4 is 0 Å². The van der Waals surface area contributed by atoms with Crippen molar-refractivity contribution < 1.29 is 30.3 Å². The van der Waals surface area contributed by atoms with E-state index >= 15 is 0 Å². The lowest BCUT2D eigenvalue weighted by Gasteiger charge is -2.37. The number of nitrogens with two attached hydrogens (primary N) is 1. The van der Waals surface area contributed by atoms with Gasteiger partial charge in [-0.05, 0) is 0 Å². The fourth-order valence-electron chi connectivity index (χ4n) is 1.08. The molecule has 0 unspecified atom stereocenters. The quantitative estimate of drug-likeness (QED) is 0.192. The van der Waals surface area contributed by atoms with Crippen LogP contribution in [0.4, 0.5) is 0 Å². The Morgan fingerprint density at radius 2 is 1.62 bits per heavy atom. The highest BCUT2D eigenvalue weighted by molar-refractivity contribution is 4.87. The molecule has 0 bridgehead atoms. The van der Waals surface area contributed by atoms with E-state index in [1.807, 2.05) is 6.92 Å². The van der Waals surface area contributed by atoms with Gasteiger partial charge in [-0.15, -0.1) is 0 Å². The van der Waals surface area contributed by atoms with Crippen molar-refractivity contribution in [2.45, 2.75) is 37.6 Å². The van der Waals surface area contributed by atoms with Crippen molar-refractivity contribution in [1.29, 1.82) is 0 Å². The van der Waals surface area contributed by atoms with Gasteiger partial charge < -0.3 is 30.3 Å². The van der Waals surface area contributed by atoms with Crippen molar-refractivity contribution in [3.05, 3.63) is 0 Å². The van der Waals surface area contributed by atoms with Gasteiger partial charge in [0, 0.05) is 6.54 Å². The van der Waals surface area contributed by atoms with Crippen LogP contribution in [0.1, 0.15) is 6.92 Å². The summed E-state index contributed by atoms with van der Waals surface area (Å²) in [5, 5.41) is 44.7. The highest BCUT2D eigenvalue weighted by atomic mass is 16.6. The van der Waals surface area contributed by atoms with Crippen LogP contribution in [0.2, 0.25) is 0 Å². The van der Waals surface area contributed by atoms with Crippen LogP contribution in [-0.4, -0.2) is 69.4 Å². The van der Waals surface area contributed by atoms with Gasteiger partial charge in [0.15, 0.2) is 6.29 Å². The molecule has 8 heteroatoms. The molecule has 0 aromatic rings. The maximum atomic E-state index is 9.12. The second-order valence-electron chi connectivity index (χ2n) is 3.28. The molecule has 1 heterocycles. The number of rotatable bonds is 2.